The summed E-state index contributed by atoms with van der Waals surface area (Å²) in [6.45, 7) is 3.06. The van der Waals surface area contributed by atoms with E-state index in [1.54, 1.807) is 18.2 Å². The van der Waals surface area contributed by atoms with Gasteiger partial charge < -0.3 is 15.4 Å². The number of ether oxygens (including phenoxy) is 1. The van der Waals surface area contributed by atoms with Gasteiger partial charge in [0.05, 0.1) is 6.04 Å². The van der Waals surface area contributed by atoms with Crippen LogP contribution in [0.5, 0.6) is 5.75 Å². The van der Waals surface area contributed by atoms with E-state index >= 15 is 0 Å². The second kappa shape index (κ2) is 7.65. The van der Waals surface area contributed by atoms with Crippen molar-refractivity contribution in [2.45, 2.75) is 32.2 Å². The highest BCUT2D eigenvalue weighted by Gasteiger charge is 2.25. The Bertz CT molecular complexity index is 524. The lowest BCUT2D eigenvalue weighted by Crippen LogP contribution is -2.46. The minimum atomic E-state index is -0.132. The lowest BCUT2D eigenvalue weighted by molar-refractivity contribution is -0.119. The van der Waals surface area contributed by atoms with Crippen LogP contribution in [0.4, 0.5) is 5.69 Å². The normalized spacial score (nSPS) is 21.3. The maximum atomic E-state index is 12.3. The number of benzene rings is 1. The van der Waals surface area contributed by atoms with Crippen molar-refractivity contribution in [3.63, 3.8) is 0 Å². The molecule has 0 spiro atoms. The van der Waals surface area contributed by atoms with Gasteiger partial charge >= 0.3 is 0 Å². The topological polar surface area (TPSA) is 74.2 Å². The van der Waals surface area contributed by atoms with E-state index < -0.39 is 0 Å². The first-order valence-corrected chi connectivity index (χ1v) is 7.37. The minimum absolute atomic E-state index is 0.000238. The lowest BCUT2D eigenvalue weighted by Gasteiger charge is -2.28. The van der Waals surface area contributed by atoms with Gasteiger partial charge in [-0.05, 0) is 37.4 Å². The number of carbonyl (C=O) groups excluding carboxylic acids is 1. The van der Waals surface area contributed by atoms with Crippen molar-refractivity contribution < 1.29 is 9.53 Å². The third-order valence-electron chi connectivity index (χ3n) is 3.81. The summed E-state index contributed by atoms with van der Waals surface area (Å²) in [7, 11) is 0. The van der Waals surface area contributed by atoms with E-state index in [-0.39, 0.29) is 18.6 Å². The molecule has 0 aliphatic carbocycles. The molecule has 1 aromatic rings. The van der Waals surface area contributed by atoms with Crippen molar-refractivity contribution in [2.24, 2.45) is 5.92 Å². The number of nitrogens with zero attached hydrogens (tertiary/aromatic N) is 1. The first kappa shape index (κ1) is 15.3. The van der Waals surface area contributed by atoms with Crippen LogP contribution in [-0.4, -0.2) is 25.1 Å². The number of nitrogens with one attached hydrogen (secondary N) is 2. The Kier molecular flexibility index (Phi) is 5.59. The van der Waals surface area contributed by atoms with Crippen LogP contribution in [0.2, 0.25) is 0 Å². The van der Waals surface area contributed by atoms with Crippen LogP contribution in [0.15, 0.2) is 24.3 Å². The maximum Gasteiger partial charge on any atom is 0.241 e. The summed E-state index contributed by atoms with van der Waals surface area (Å²) < 4.78 is 5.23. The molecule has 2 N–H and O–H groups in total. The summed E-state index contributed by atoms with van der Waals surface area (Å²) in [5, 5.41) is 14.7. The van der Waals surface area contributed by atoms with E-state index in [1.165, 1.54) is 0 Å². The number of piperidine rings is 1. The second-order valence-corrected chi connectivity index (χ2v) is 5.27. The number of hydrogen-bond donors (Lipinski definition) is 2. The zero-order valence-corrected chi connectivity index (χ0v) is 12.3. The van der Waals surface area contributed by atoms with Gasteiger partial charge in [0, 0.05) is 11.8 Å². The Morgan fingerprint density at radius 1 is 1.57 bits per heavy atom. The molecule has 5 nitrogen and oxygen atoms in total. The molecule has 1 aliphatic rings. The van der Waals surface area contributed by atoms with Crippen molar-refractivity contribution in [2.75, 3.05) is 18.5 Å². The fourth-order valence-electron chi connectivity index (χ4n) is 2.58. The van der Waals surface area contributed by atoms with Crippen molar-refractivity contribution in [3.8, 4) is 11.8 Å². The van der Waals surface area contributed by atoms with Crippen LogP contribution < -0.4 is 15.4 Å². The number of nitriles is 1. The monoisotopic (exact) mass is 287 g/mol. The highest BCUT2D eigenvalue weighted by Crippen LogP contribution is 2.21. The maximum absolute atomic E-state index is 12.3. The summed E-state index contributed by atoms with van der Waals surface area (Å²) in [6.07, 6.45) is 3.13. The quantitative estimate of drug-likeness (QED) is 0.871. The van der Waals surface area contributed by atoms with E-state index in [2.05, 4.69) is 17.6 Å². The predicted molar refractivity (Wildman–Crippen MR) is 81.0 cm³/mol. The molecule has 0 saturated carbocycles. The first-order valence-electron chi connectivity index (χ1n) is 7.37. The van der Waals surface area contributed by atoms with Crippen molar-refractivity contribution >= 4 is 11.6 Å². The molecule has 1 aromatic carbocycles. The molecule has 1 heterocycles. The van der Waals surface area contributed by atoms with E-state index in [1.807, 2.05) is 12.1 Å². The van der Waals surface area contributed by atoms with E-state index in [0.29, 0.717) is 17.4 Å². The third kappa shape index (κ3) is 4.47. The van der Waals surface area contributed by atoms with Crippen LogP contribution in [0, 0.1) is 17.2 Å². The Morgan fingerprint density at radius 3 is 3.19 bits per heavy atom. The van der Waals surface area contributed by atoms with E-state index in [4.69, 9.17) is 10.00 Å². The largest absolute Gasteiger partial charge is 0.479 e. The molecule has 1 amide bonds. The smallest absolute Gasteiger partial charge is 0.241 e. The molecule has 112 valence electrons. The summed E-state index contributed by atoms with van der Waals surface area (Å²) >= 11 is 0. The van der Waals surface area contributed by atoms with Crippen LogP contribution >= 0.6 is 0 Å². The van der Waals surface area contributed by atoms with Crippen LogP contribution in [0.3, 0.4) is 0 Å². The summed E-state index contributed by atoms with van der Waals surface area (Å²) in [6, 6.07) is 8.90. The van der Waals surface area contributed by atoms with Gasteiger partial charge in [0.2, 0.25) is 5.91 Å². The molecule has 0 radical (unpaired) electrons. The van der Waals surface area contributed by atoms with Gasteiger partial charge in [-0.1, -0.05) is 19.4 Å². The second-order valence-electron chi connectivity index (χ2n) is 5.27. The van der Waals surface area contributed by atoms with Crippen LogP contribution in [0.1, 0.15) is 26.2 Å². The summed E-state index contributed by atoms with van der Waals surface area (Å²) in [5.74, 6) is 1.19. The molecule has 2 unspecified atom stereocenters. The standard InChI is InChI=1S/C16H21N3O2/c1-2-12-6-8-18-15(10-12)16(20)19-13-4-3-5-14(11-13)21-9-7-17/h3-5,11-12,15,18H,2,6,8-10H2,1H3,(H,19,20). The summed E-state index contributed by atoms with van der Waals surface area (Å²) in [4.78, 5) is 12.3. The van der Waals surface area contributed by atoms with Gasteiger partial charge in [-0.2, -0.15) is 5.26 Å². The number of anilines is 1. The minimum Gasteiger partial charge on any atom is -0.479 e. The van der Waals surface area contributed by atoms with Crippen LogP contribution in [-0.2, 0) is 4.79 Å². The Morgan fingerprint density at radius 2 is 2.43 bits per heavy atom. The molecule has 0 aromatic heterocycles. The fourth-order valence-corrected chi connectivity index (χ4v) is 2.58. The highest BCUT2D eigenvalue weighted by molar-refractivity contribution is 5.95. The van der Waals surface area contributed by atoms with Gasteiger partial charge in [0.1, 0.15) is 11.8 Å². The van der Waals surface area contributed by atoms with Gasteiger partial charge in [-0.3, -0.25) is 4.79 Å². The third-order valence-corrected chi connectivity index (χ3v) is 3.81. The molecular weight excluding hydrogens is 266 g/mol. The van der Waals surface area contributed by atoms with Crippen molar-refractivity contribution in [1.82, 2.24) is 5.32 Å². The number of rotatable bonds is 5. The first-order chi connectivity index (χ1) is 10.2. The molecule has 21 heavy (non-hydrogen) atoms. The summed E-state index contributed by atoms with van der Waals surface area (Å²) in [5.41, 5.74) is 0.691. The SMILES string of the molecule is CCC1CCNC(C(=O)Nc2cccc(OCC#N)c2)C1. The number of hydrogen-bond acceptors (Lipinski definition) is 4. The van der Waals surface area contributed by atoms with Crippen molar-refractivity contribution in [1.29, 1.82) is 5.26 Å². The Balaban J connectivity index is 1.94. The number of amides is 1. The molecule has 2 atom stereocenters. The van der Waals surface area contributed by atoms with Crippen LogP contribution in [0.25, 0.3) is 0 Å². The molecule has 1 fully saturated rings. The molecular formula is C16H21N3O2. The zero-order chi connectivity index (χ0) is 15.1. The zero-order valence-electron chi connectivity index (χ0n) is 12.3. The molecule has 1 saturated heterocycles. The average Bonchev–Trinajstić information content (AvgIpc) is 2.53. The average molecular weight is 287 g/mol. The Hall–Kier alpha value is -2.06. The van der Waals surface area contributed by atoms with Gasteiger partial charge in [-0.25, -0.2) is 0 Å². The molecule has 0 bridgehead atoms. The molecule has 1 aliphatic heterocycles. The predicted octanol–water partition coefficient (Wildman–Crippen LogP) is 2.31. The fraction of sp³-hybridized carbons (Fsp3) is 0.500. The van der Waals surface area contributed by atoms with E-state index in [0.717, 1.165) is 25.8 Å². The van der Waals surface area contributed by atoms with Gasteiger partial charge in [0.15, 0.2) is 6.61 Å². The van der Waals surface area contributed by atoms with Gasteiger partial charge in [0.25, 0.3) is 0 Å². The van der Waals surface area contributed by atoms with Crippen molar-refractivity contribution in [3.05, 3.63) is 24.3 Å². The highest BCUT2D eigenvalue weighted by atomic mass is 16.5. The lowest BCUT2D eigenvalue weighted by atomic mass is 9.90. The molecule has 2 rings (SSSR count). The Labute approximate surface area is 125 Å². The van der Waals surface area contributed by atoms with E-state index in [9.17, 15) is 4.79 Å². The number of carbonyl (C=O) groups is 1. The van der Waals surface area contributed by atoms with Gasteiger partial charge in [-0.15, -0.1) is 0 Å². The molecule has 5 heteroatoms.